The molecule has 1 unspecified atom stereocenters. The Kier molecular flexibility index (Phi) is 6.25. The lowest BCUT2D eigenvalue weighted by Crippen LogP contribution is -2.38. The Bertz CT molecular complexity index is 927. The van der Waals surface area contributed by atoms with Crippen molar-refractivity contribution < 1.29 is 18.6 Å². The van der Waals surface area contributed by atoms with E-state index < -0.39 is 24.5 Å². The van der Waals surface area contributed by atoms with Gasteiger partial charge in [-0.05, 0) is 19.9 Å². The third kappa shape index (κ3) is 4.53. The van der Waals surface area contributed by atoms with Crippen LogP contribution in [0.5, 0.6) is 5.88 Å². The molecule has 0 aliphatic carbocycles. The minimum Gasteiger partial charge on any atom is -0.478 e. The maximum Gasteiger partial charge on any atom is 0.257 e. The molecular weight excluding hydrogens is 398 g/mol. The summed E-state index contributed by atoms with van der Waals surface area (Å²) in [4.78, 5) is 17.1. The molecule has 3 rings (SSSR count). The smallest absolute Gasteiger partial charge is 0.257 e. The molecule has 3 heterocycles. The maximum atomic E-state index is 13.0. The highest BCUT2D eigenvalue weighted by Crippen LogP contribution is 2.34. The number of hydrogen-bond acceptors (Lipinski definition) is 10. The van der Waals surface area contributed by atoms with Crippen LogP contribution in [0.1, 0.15) is 25.2 Å². The number of ether oxygens (including phenoxy) is 1. The second kappa shape index (κ2) is 8.69. The van der Waals surface area contributed by atoms with E-state index in [0.717, 1.165) is 0 Å². The van der Waals surface area contributed by atoms with Crippen LogP contribution in [0, 0.1) is 0 Å². The zero-order chi connectivity index (χ0) is 21.9. The van der Waals surface area contributed by atoms with E-state index in [1.165, 1.54) is 18.3 Å². The quantitative estimate of drug-likeness (QED) is 0.567. The van der Waals surface area contributed by atoms with Gasteiger partial charge in [-0.15, -0.1) is 0 Å². The maximum absolute atomic E-state index is 13.0. The zero-order valence-electron chi connectivity index (χ0n) is 16.9. The predicted octanol–water partition coefficient (Wildman–Crippen LogP) is 0.893. The topological polar surface area (TPSA) is 135 Å². The van der Waals surface area contributed by atoms with Crippen LogP contribution in [0.3, 0.4) is 0 Å². The predicted molar refractivity (Wildman–Crippen MR) is 107 cm³/mol. The summed E-state index contributed by atoms with van der Waals surface area (Å²) in [5.41, 5.74) is 6.18. The van der Waals surface area contributed by atoms with Gasteiger partial charge in [-0.2, -0.15) is 5.10 Å². The normalized spacial score (nSPS) is 19.7. The minimum atomic E-state index is -2.56. The second-order valence-electron chi connectivity index (χ2n) is 7.16. The number of halogens is 2. The molecule has 0 fully saturated rings. The summed E-state index contributed by atoms with van der Waals surface area (Å²) < 4.78 is 31.2. The van der Waals surface area contributed by atoms with Crippen molar-refractivity contribution in [1.29, 1.82) is 0 Å². The number of aliphatic hydroxyl groups is 1. The van der Waals surface area contributed by atoms with Crippen molar-refractivity contribution in [2.24, 2.45) is 5.10 Å². The third-order valence-electron chi connectivity index (χ3n) is 4.59. The van der Waals surface area contributed by atoms with Gasteiger partial charge in [-0.25, -0.2) is 28.7 Å². The van der Waals surface area contributed by atoms with Crippen LogP contribution in [-0.2, 0) is 5.41 Å². The van der Waals surface area contributed by atoms with E-state index in [1.54, 1.807) is 19.2 Å². The Morgan fingerprint density at radius 3 is 2.80 bits per heavy atom. The lowest BCUT2D eigenvalue weighted by molar-refractivity contribution is 0.0908. The molecule has 0 radical (unpaired) electrons. The highest BCUT2D eigenvalue weighted by molar-refractivity contribution is 6.07. The van der Waals surface area contributed by atoms with Gasteiger partial charge in [0, 0.05) is 12.7 Å². The number of hydrazone groups is 1. The number of nitrogens with zero attached hydrogens (tertiary/aromatic N) is 6. The Morgan fingerprint density at radius 2 is 2.13 bits per heavy atom. The van der Waals surface area contributed by atoms with Gasteiger partial charge in [0.15, 0.2) is 5.82 Å². The highest BCUT2D eigenvalue weighted by Gasteiger charge is 2.44. The van der Waals surface area contributed by atoms with Crippen molar-refractivity contribution in [3.63, 3.8) is 0 Å². The monoisotopic (exact) mass is 422 g/mol. The first-order valence-electron chi connectivity index (χ1n) is 9.27. The van der Waals surface area contributed by atoms with Gasteiger partial charge in [0.25, 0.3) is 12.3 Å². The molecule has 0 spiro atoms. The van der Waals surface area contributed by atoms with Crippen LogP contribution >= 0.6 is 0 Å². The van der Waals surface area contributed by atoms with E-state index in [2.05, 4.69) is 30.4 Å². The standard InChI is InChI=1S/C18H24F2N8O2/c1-10(29)6-24-17-22-5-4-12(26-17)18(2)9-28(8-13(19)20)27-14(18)11-7-23-15(21)16(25-11)30-3/h4-5,7,10,13,29H,6,8-9H2,1-3H3,(H2,21,23)(H,22,24,26)/t10-,18?/m0/s1. The number of aliphatic hydroxyl groups excluding tert-OH is 1. The average Bonchev–Trinajstić information content (AvgIpc) is 3.03. The van der Waals surface area contributed by atoms with Gasteiger partial charge in [0.2, 0.25) is 5.95 Å². The molecule has 0 bridgehead atoms. The van der Waals surface area contributed by atoms with Crippen LogP contribution < -0.4 is 15.8 Å². The third-order valence-corrected chi connectivity index (χ3v) is 4.59. The minimum absolute atomic E-state index is 0.109. The van der Waals surface area contributed by atoms with Crippen molar-refractivity contribution >= 4 is 17.5 Å². The Labute approximate surface area is 172 Å². The summed E-state index contributed by atoms with van der Waals surface area (Å²) in [6.45, 7) is 3.36. The number of methoxy groups -OCH3 is 1. The van der Waals surface area contributed by atoms with Crippen LogP contribution in [0.4, 0.5) is 20.5 Å². The van der Waals surface area contributed by atoms with Gasteiger partial charge >= 0.3 is 0 Å². The lowest BCUT2D eigenvalue weighted by Gasteiger charge is -2.26. The molecule has 0 amide bonds. The molecule has 12 heteroatoms. The first-order valence-corrected chi connectivity index (χ1v) is 9.27. The van der Waals surface area contributed by atoms with Crippen molar-refractivity contribution in [1.82, 2.24) is 24.9 Å². The first kappa shape index (κ1) is 21.6. The van der Waals surface area contributed by atoms with E-state index in [4.69, 9.17) is 10.5 Å². The molecule has 2 aromatic rings. The van der Waals surface area contributed by atoms with Crippen LogP contribution in [0.15, 0.2) is 23.6 Å². The Hall–Kier alpha value is -3.15. The molecule has 1 aliphatic heterocycles. The van der Waals surface area contributed by atoms with E-state index in [9.17, 15) is 13.9 Å². The van der Waals surface area contributed by atoms with Crippen molar-refractivity contribution in [3.05, 3.63) is 29.8 Å². The highest BCUT2D eigenvalue weighted by atomic mass is 19.3. The summed E-state index contributed by atoms with van der Waals surface area (Å²) in [5.74, 6) is 0.534. The number of nitrogen functional groups attached to an aromatic ring is 1. The van der Waals surface area contributed by atoms with Gasteiger partial charge in [-0.1, -0.05) is 0 Å². The zero-order valence-corrected chi connectivity index (χ0v) is 16.9. The molecule has 2 atom stereocenters. The van der Waals surface area contributed by atoms with E-state index >= 15 is 0 Å². The Balaban J connectivity index is 2.02. The number of rotatable bonds is 8. The molecule has 4 N–H and O–H groups in total. The molecule has 2 aromatic heterocycles. The molecule has 0 aromatic carbocycles. The van der Waals surface area contributed by atoms with Gasteiger partial charge in [-0.3, -0.25) is 5.01 Å². The Morgan fingerprint density at radius 1 is 1.37 bits per heavy atom. The van der Waals surface area contributed by atoms with Gasteiger partial charge in [0.1, 0.15) is 11.4 Å². The molecule has 30 heavy (non-hydrogen) atoms. The van der Waals surface area contributed by atoms with Crippen molar-refractivity contribution in [2.45, 2.75) is 31.8 Å². The molecule has 1 aliphatic rings. The fourth-order valence-corrected chi connectivity index (χ4v) is 3.16. The lowest BCUT2D eigenvalue weighted by atomic mass is 9.80. The van der Waals surface area contributed by atoms with Crippen LogP contribution in [0.2, 0.25) is 0 Å². The molecule has 0 saturated carbocycles. The number of alkyl halides is 2. The summed E-state index contributed by atoms with van der Waals surface area (Å²) >= 11 is 0. The molecule has 10 nitrogen and oxygen atoms in total. The van der Waals surface area contributed by atoms with Crippen LogP contribution in [0.25, 0.3) is 0 Å². The van der Waals surface area contributed by atoms with Crippen molar-refractivity contribution in [2.75, 3.05) is 37.8 Å². The summed E-state index contributed by atoms with van der Waals surface area (Å²) in [7, 11) is 1.41. The number of nitrogens with one attached hydrogen (secondary N) is 1. The fourth-order valence-electron chi connectivity index (χ4n) is 3.16. The van der Waals surface area contributed by atoms with E-state index in [1.807, 2.05) is 6.92 Å². The summed E-state index contributed by atoms with van der Waals surface area (Å²) in [6, 6.07) is 1.69. The van der Waals surface area contributed by atoms with Crippen molar-refractivity contribution in [3.8, 4) is 5.88 Å². The van der Waals surface area contributed by atoms with Crippen LogP contribution in [-0.4, -0.2) is 75.0 Å². The van der Waals surface area contributed by atoms with Gasteiger partial charge < -0.3 is 20.9 Å². The second-order valence-corrected chi connectivity index (χ2v) is 7.16. The average molecular weight is 422 g/mol. The number of anilines is 2. The van der Waals surface area contributed by atoms with E-state index in [0.29, 0.717) is 23.0 Å². The first-order chi connectivity index (χ1) is 14.2. The SMILES string of the molecule is COc1nc(C2=NN(CC(F)F)CC2(C)c2ccnc(NC[C@H](C)O)n2)cnc1N. The molecule has 0 saturated heterocycles. The number of nitrogens with two attached hydrogens (primary N) is 1. The fraction of sp³-hybridized carbons (Fsp3) is 0.500. The van der Waals surface area contributed by atoms with Gasteiger partial charge in [0.05, 0.1) is 43.6 Å². The molecular formula is C18H24F2N8O2. The number of aromatic nitrogens is 4. The largest absolute Gasteiger partial charge is 0.478 e. The summed E-state index contributed by atoms with van der Waals surface area (Å²) in [6.07, 6.45) is -0.164. The van der Waals surface area contributed by atoms with E-state index in [-0.39, 0.29) is 24.8 Å². The number of hydrogen-bond donors (Lipinski definition) is 3. The molecule has 162 valence electrons. The summed E-state index contributed by atoms with van der Waals surface area (Å²) in [5, 5.41) is 18.1.